The maximum absolute atomic E-state index is 13.0. The molecule has 1 N–H and O–H groups in total. The fourth-order valence-corrected chi connectivity index (χ4v) is 4.50. The Morgan fingerprint density at radius 3 is 2.33 bits per heavy atom. The van der Waals surface area contributed by atoms with Crippen molar-refractivity contribution < 1.29 is 23.8 Å². The predicted octanol–water partition coefficient (Wildman–Crippen LogP) is 4.33. The molecule has 0 aromatic heterocycles. The summed E-state index contributed by atoms with van der Waals surface area (Å²) in [6.07, 6.45) is 0. The van der Waals surface area contributed by atoms with Gasteiger partial charge in [-0.05, 0) is 60.7 Å². The molecule has 3 aromatic carbocycles. The van der Waals surface area contributed by atoms with Crippen molar-refractivity contribution in [3.63, 3.8) is 0 Å². The summed E-state index contributed by atoms with van der Waals surface area (Å²) in [6, 6.07) is 17.9. The van der Waals surface area contributed by atoms with Crippen molar-refractivity contribution >= 4 is 34.8 Å². The smallest absolute Gasteiger partial charge is 0.257 e. The number of hydrogen-bond donors (Lipinski definition) is 1. The van der Waals surface area contributed by atoms with E-state index in [0.717, 1.165) is 5.69 Å². The first-order valence-corrected chi connectivity index (χ1v) is 12.1. The van der Waals surface area contributed by atoms with Crippen LogP contribution in [0.15, 0.2) is 60.7 Å². The number of hydrogen-bond acceptors (Lipinski definition) is 6. The van der Waals surface area contributed by atoms with E-state index in [0.29, 0.717) is 78.5 Å². The van der Waals surface area contributed by atoms with Gasteiger partial charge in [-0.15, -0.1) is 0 Å². The summed E-state index contributed by atoms with van der Waals surface area (Å²) < 4.78 is 16.4. The van der Waals surface area contributed by atoms with Crippen LogP contribution in [0.5, 0.6) is 17.2 Å². The minimum atomic E-state index is -0.219. The highest BCUT2D eigenvalue weighted by Gasteiger charge is 2.25. The molecule has 1 fully saturated rings. The third-order valence-electron chi connectivity index (χ3n) is 6.25. The van der Waals surface area contributed by atoms with Crippen LogP contribution in [0.3, 0.4) is 0 Å². The van der Waals surface area contributed by atoms with E-state index in [2.05, 4.69) is 10.2 Å². The molecule has 2 aliphatic heterocycles. The Labute approximate surface area is 214 Å². The van der Waals surface area contributed by atoms with Crippen molar-refractivity contribution in [2.75, 3.05) is 56.7 Å². The van der Waals surface area contributed by atoms with E-state index < -0.39 is 0 Å². The molecule has 2 aliphatic rings. The highest BCUT2D eigenvalue weighted by molar-refractivity contribution is 6.31. The highest BCUT2D eigenvalue weighted by atomic mass is 35.5. The number of piperazine rings is 1. The van der Waals surface area contributed by atoms with E-state index in [9.17, 15) is 9.59 Å². The lowest BCUT2D eigenvalue weighted by molar-refractivity contribution is 0.0743. The van der Waals surface area contributed by atoms with Crippen LogP contribution in [0.25, 0.3) is 0 Å². The Balaban J connectivity index is 1.18. The number of methoxy groups -OCH3 is 1. The number of anilines is 2. The van der Waals surface area contributed by atoms with Crippen LogP contribution in [-0.4, -0.2) is 63.2 Å². The van der Waals surface area contributed by atoms with Crippen LogP contribution in [0, 0.1) is 0 Å². The number of ether oxygens (including phenoxy) is 3. The molecule has 2 amide bonds. The second kappa shape index (κ2) is 10.4. The SMILES string of the molecule is COc1ccc(Cl)cc1C(=O)N1CCN(c2ccc(NC(=O)c3ccc4c(c3)OCCO4)cc2)CC1. The first-order valence-electron chi connectivity index (χ1n) is 11.7. The number of amides is 2. The van der Waals surface area contributed by atoms with Gasteiger partial charge in [-0.1, -0.05) is 11.6 Å². The Morgan fingerprint density at radius 2 is 1.61 bits per heavy atom. The monoisotopic (exact) mass is 507 g/mol. The summed E-state index contributed by atoms with van der Waals surface area (Å²) in [6.45, 7) is 3.52. The fourth-order valence-electron chi connectivity index (χ4n) is 4.33. The molecule has 36 heavy (non-hydrogen) atoms. The van der Waals surface area contributed by atoms with Gasteiger partial charge in [0.25, 0.3) is 11.8 Å². The maximum atomic E-state index is 13.0. The number of carbonyl (C=O) groups is 2. The van der Waals surface area contributed by atoms with Crippen molar-refractivity contribution in [1.29, 1.82) is 0 Å². The lowest BCUT2D eigenvalue weighted by Crippen LogP contribution is -2.48. The van der Waals surface area contributed by atoms with Gasteiger partial charge in [0.15, 0.2) is 11.5 Å². The van der Waals surface area contributed by atoms with Crippen LogP contribution >= 0.6 is 11.6 Å². The lowest BCUT2D eigenvalue weighted by atomic mass is 10.1. The molecule has 0 saturated carbocycles. The van der Waals surface area contributed by atoms with Gasteiger partial charge >= 0.3 is 0 Å². The molecule has 1 saturated heterocycles. The minimum Gasteiger partial charge on any atom is -0.496 e. The topological polar surface area (TPSA) is 80.3 Å². The number of halogens is 1. The summed E-state index contributed by atoms with van der Waals surface area (Å²) in [5.74, 6) is 1.43. The van der Waals surface area contributed by atoms with E-state index >= 15 is 0 Å². The first-order chi connectivity index (χ1) is 17.5. The van der Waals surface area contributed by atoms with Crippen LogP contribution in [-0.2, 0) is 0 Å². The van der Waals surface area contributed by atoms with E-state index in [1.165, 1.54) is 0 Å². The molecule has 2 heterocycles. The van der Waals surface area contributed by atoms with Gasteiger partial charge in [0.1, 0.15) is 19.0 Å². The number of nitrogens with zero attached hydrogens (tertiary/aromatic N) is 2. The average molecular weight is 508 g/mol. The van der Waals surface area contributed by atoms with Crippen LogP contribution in [0.1, 0.15) is 20.7 Å². The molecular weight excluding hydrogens is 482 g/mol. The third-order valence-corrected chi connectivity index (χ3v) is 6.49. The summed E-state index contributed by atoms with van der Waals surface area (Å²) in [5, 5.41) is 3.42. The van der Waals surface area contributed by atoms with E-state index in [1.807, 2.05) is 29.2 Å². The van der Waals surface area contributed by atoms with Crippen molar-refractivity contribution in [1.82, 2.24) is 4.90 Å². The highest BCUT2D eigenvalue weighted by Crippen LogP contribution is 2.31. The van der Waals surface area contributed by atoms with Gasteiger partial charge in [0.2, 0.25) is 0 Å². The molecular formula is C27H26ClN3O5. The third kappa shape index (κ3) is 5.04. The number of nitrogens with one attached hydrogen (secondary N) is 1. The summed E-state index contributed by atoms with van der Waals surface area (Å²) in [4.78, 5) is 29.8. The van der Waals surface area contributed by atoms with Crippen molar-refractivity contribution in [2.24, 2.45) is 0 Å². The summed E-state index contributed by atoms with van der Waals surface area (Å²) in [7, 11) is 1.54. The standard InChI is InChI=1S/C27H26ClN3O5/c1-34-23-9-3-19(28)17-22(23)27(33)31-12-10-30(11-13-31)21-6-4-20(5-7-21)29-26(32)18-2-8-24-25(16-18)36-15-14-35-24/h2-9,16-17H,10-15H2,1H3,(H,29,32). The summed E-state index contributed by atoms with van der Waals surface area (Å²) >= 11 is 6.10. The second-order valence-electron chi connectivity index (χ2n) is 8.48. The van der Waals surface area contributed by atoms with Crippen LogP contribution in [0.2, 0.25) is 5.02 Å². The van der Waals surface area contributed by atoms with E-state index in [4.69, 9.17) is 25.8 Å². The number of carbonyl (C=O) groups excluding carboxylic acids is 2. The molecule has 3 aromatic rings. The number of fused-ring (bicyclic) bond motifs is 1. The van der Waals surface area contributed by atoms with Gasteiger partial charge in [-0.3, -0.25) is 9.59 Å². The molecule has 0 radical (unpaired) electrons. The Hall–Kier alpha value is -3.91. The van der Waals surface area contributed by atoms with Gasteiger partial charge in [0.05, 0.1) is 12.7 Å². The predicted molar refractivity (Wildman–Crippen MR) is 138 cm³/mol. The molecule has 0 unspecified atom stereocenters. The Morgan fingerprint density at radius 1 is 0.889 bits per heavy atom. The number of benzene rings is 3. The zero-order valence-electron chi connectivity index (χ0n) is 19.8. The van der Waals surface area contributed by atoms with E-state index in [1.54, 1.807) is 43.5 Å². The normalized spacial score (nSPS) is 14.8. The molecule has 0 spiro atoms. The zero-order valence-corrected chi connectivity index (χ0v) is 20.6. The Kier molecular flexibility index (Phi) is 6.86. The molecule has 9 heteroatoms. The van der Waals surface area contributed by atoms with Crippen molar-refractivity contribution in [3.8, 4) is 17.2 Å². The molecule has 0 atom stereocenters. The van der Waals surface area contributed by atoms with Crippen LogP contribution < -0.4 is 24.4 Å². The fraction of sp³-hybridized carbons (Fsp3) is 0.259. The maximum Gasteiger partial charge on any atom is 0.257 e. The quantitative estimate of drug-likeness (QED) is 0.553. The molecule has 0 bridgehead atoms. The Bertz CT molecular complexity index is 1270. The first kappa shape index (κ1) is 23.8. The molecule has 0 aliphatic carbocycles. The van der Waals surface area contributed by atoms with Crippen LogP contribution in [0.4, 0.5) is 11.4 Å². The van der Waals surface area contributed by atoms with Gasteiger partial charge in [0, 0.05) is 48.1 Å². The zero-order chi connectivity index (χ0) is 25.1. The molecule has 5 rings (SSSR count). The van der Waals surface area contributed by atoms with Crippen molar-refractivity contribution in [2.45, 2.75) is 0 Å². The largest absolute Gasteiger partial charge is 0.496 e. The van der Waals surface area contributed by atoms with Gasteiger partial charge < -0.3 is 29.3 Å². The van der Waals surface area contributed by atoms with Gasteiger partial charge in [-0.25, -0.2) is 0 Å². The lowest BCUT2D eigenvalue weighted by Gasteiger charge is -2.36. The summed E-state index contributed by atoms with van der Waals surface area (Å²) in [5.41, 5.74) is 2.69. The molecule has 186 valence electrons. The minimum absolute atomic E-state index is 0.0915. The second-order valence-corrected chi connectivity index (χ2v) is 8.92. The van der Waals surface area contributed by atoms with E-state index in [-0.39, 0.29) is 11.8 Å². The molecule has 8 nitrogen and oxygen atoms in total. The van der Waals surface area contributed by atoms with Crippen molar-refractivity contribution in [3.05, 3.63) is 76.8 Å². The number of rotatable bonds is 5. The average Bonchev–Trinajstić information content (AvgIpc) is 2.93. The van der Waals surface area contributed by atoms with Gasteiger partial charge in [-0.2, -0.15) is 0 Å².